The highest BCUT2D eigenvalue weighted by Crippen LogP contribution is 2.32. The van der Waals surface area contributed by atoms with Crippen LogP contribution in [-0.2, 0) is 0 Å². The number of nitriles is 1. The maximum absolute atomic E-state index is 11.1. The van der Waals surface area contributed by atoms with Crippen molar-refractivity contribution in [3.8, 4) is 17.6 Å². The topological polar surface area (TPSA) is 94.5 Å². The van der Waals surface area contributed by atoms with Crippen molar-refractivity contribution in [3.05, 3.63) is 34.2 Å². The van der Waals surface area contributed by atoms with E-state index in [2.05, 4.69) is 0 Å². The van der Waals surface area contributed by atoms with Gasteiger partial charge in [0.1, 0.15) is 11.6 Å². The molecule has 0 spiro atoms. The largest absolute Gasteiger partial charge is 0.504 e. The van der Waals surface area contributed by atoms with E-state index in [1.54, 1.807) is 6.07 Å². The van der Waals surface area contributed by atoms with Crippen LogP contribution in [-0.4, -0.2) is 10.2 Å². The average molecular weight is 203 g/mol. The Bertz CT molecular complexity index is 636. The highest BCUT2D eigenvalue weighted by Gasteiger charge is 2.10. The van der Waals surface area contributed by atoms with Crippen molar-refractivity contribution in [1.29, 1.82) is 5.26 Å². The minimum absolute atomic E-state index is 0.126. The zero-order valence-corrected chi connectivity index (χ0v) is 7.39. The van der Waals surface area contributed by atoms with E-state index in [0.717, 1.165) is 0 Å². The number of benzene rings is 1. The molecule has 0 saturated carbocycles. The molecule has 1 aromatic carbocycles. The van der Waals surface area contributed by atoms with Gasteiger partial charge in [0.25, 0.3) is 0 Å². The number of phenols is 2. The summed E-state index contributed by atoms with van der Waals surface area (Å²) in [5, 5.41) is 27.5. The van der Waals surface area contributed by atoms with Crippen LogP contribution in [0, 0.1) is 11.3 Å². The Hall–Kier alpha value is -2.48. The van der Waals surface area contributed by atoms with Gasteiger partial charge in [0.05, 0.1) is 0 Å². The molecule has 1 aromatic heterocycles. The Kier molecular flexibility index (Phi) is 1.83. The summed E-state index contributed by atoms with van der Waals surface area (Å²) in [7, 11) is 0. The quantitative estimate of drug-likeness (QED) is 0.493. The lowest BCUT2D eigenvalue weighted by Gasteiger charge is -2.01. The molecule has 0 aliphatic rings. The van der Waals surface area contributed by atoms with Crippen LogP contribution in [0.15, 0.2) is 27.4 Å². The molecule has 0 fully saturated rings. The van der Waals surface area contributed by atoms with E-state index in [4.69, 9.17) is 14.8 Å². The first-order valence-electron chi connectivity index (χ1n) is 4.02. The third-order valence-corrected chi connectivity index (χ3v) is 1.98. The van der Waals surface area contributed by atoms with Crippen LogP contribution >= 0.6 is 0 Å². The molecular formula is C10H5NO4. The second-order valence-corrected chi connectivity index (χ2v) is 2.91. The van der Waals surface area contributed by atoms with E-state index in [1.807, 2.05) is 0 Å². The zero-order valence-electron chi connectivity index (χ0n) is 7.39. The van der Waals surface area contributed by atoms with Crippen LogP contribution in [0.5, 0.6) is 11.5 Å². The van der Waals surface area contributed by atoms with Gasteiger partial charge >= 0.3 is 5.63 Å². The van der Waals surface area contributed by atoms with Gasteiger partial charge in [-0.2, -0.15) is 5.26 Å². The van der Waals surface area contributed by atoms with Gasteiger partial charge in [0, 0.05) is 5.39 Å². The lowest BCUT2D eigenvalue weighted by Crippen LogP contribution is -2.02. The Balaban J connectivity index is 2.95. The summed E-state index contributed by atoms with van der Waals surface area (Å²) in [5.74, 6) is -0.885. The standard InChI is InChI=1S/C10H5NO4/c11-4-6-3-5-1-2-7(12)8(13)9(5)15-10(6)14/h1-3,12-13H. The monoisotopic (exact) mass is 203 g/mol. The maximum Gasteiger partial charge on any atom is 0.354 e. The summed E-state index contributed by atoms with van der Waals surface area (Å²) in [6.07, 6.45) is 0. The molecule has 0 radical (unpaired) electrons. The van der Waals surface area contributed by atoms with E-state index in [9.17, 15) is 9.90 Å². The molecule has 0 atom stereocenters. The minimum Gasteiger partial charge on any atom is -0.504 e. The smallest absolute Gasteiger partial charge is 0.354 e. The van der Waals surface area contributed by atoms with Gasteiger partial charge in [-0.1, -0.05) is 0 Å². The summed E-state index contributed by atoms with van der Waals surface area (Å²) in [5.41, 5.74) is -1.11. The van der Waals surface area contributed by atoms with Crippen molar-refractivity contribution in [3.63, 3.8) is 0 Å². The summed E-state index contributed by atoms with van der Waals surface area (Å²) in [6.45, 7) is 0. The van der Waals surface area contributed by atoms with Crippen molar-refractivity contribution >= 4 is 11.0 Å². The van der Waals surface area contributed by atoms with Gasteiger partial charge in [-0.3, -0.25) is 0 Å². The molecule has 0 aliphatic carbocycles. The van der Waals surface area contributed by atoms with Crippen LogP contribution in [0.4, 0.5) is 0 Å². The Morgan fingerprint density at radius 3 is 2.73 bits per heavy atom. The van der Waals surface area contributed by atoms with Gasteiger partial charge in [0.15, 0.2) is 11.3 Å². The number of hydrogen-bond acceptors (Lipinski definition) is 5. The molecule has 0 saturated heterocycles. The highest BCUT2D eigenvalue weighted by atomic mass is 16.4. The fraction of sp³-hybridized carbons (Fsp3) is 0. The number of rotatable bonds is 0. The number of aromatic hydroxyl groups is 2. The number of hydrogen-bond donors (Lipinski definition) is 2. The molecule has 2 rings (SSSR count). The third-order valence-electron chi connectivity index (χ3n) is 1.98. The first-order valence-corrected chi connectivity index (χ1v) is 4.02. The average Bonchev–Trinajstić information content (AvgIpc) is 2.24. The molecule has 74 valence electrons. The molecule has 0 aliphatic heterocycles. The lowest BCUT2D eigenvalue weighted by molar-refractivity contribution is 0.397. The molecule has 5 heteroatoms. The molecule has 0 unspecified atom stereocenters. The zero-order chi connectivity index (χ0) is 11.0. The van der Waals surface area contributed by atoms with Gasteiger partial charge in [-0.15, -0.1) is 0 Å². The molecule has 0 bridgehead atoms. The molecule has 2 N–H and O–H groups in total. The van der Waals surface area contributed by atoms with Crippen LogP contribution in [0.3, 0.4) is 0 Å². The fourth-order valence-corrected chi connectivity index (χ4v) is 1.24. The van der Waals surface area contributed by atoms with E-state index in [1.165, 1.54) is 18.2 Å². The SMILES string of the molecule is N#Cc1cc2ccc(O)c(O)c2oc1=O. The molecule has 1 heterocycles. The molecule has 15 heavy (non-hydrogen) atoms. The Morgan fingerprint density at radius 1 is 1.33 bits per heavy atom. The highest BCUT2D eigenvalue weighted by molar-refractivity contribution is 5.85. The van der Waals surface area contributed by atoms with Gasteiger partial charge < -0.3 is 14.6 Å². The first kappa shape index (κ1) is 9.09. The van der Waals surface area contributed by atoms with E-state index in [0.29, 0.717) is 5.39 Å². The summed E-state index contributed by atoms with van der Waals surface area (Å²) in [4.78, 5) is 11.1. The van der Waals surface area contributed by atoms with Gasteiger partial charge in [-0.05, 0) is 18.2 Å². The summed E-state index contributed by atoms with van der Waals surface area (Å²) >= 11 is 0. The van der Waals surface area contributed by atoms with Crippen LogP contribution in [0.1, 0.15) is 5.56 Å². The van der Waals surface area contributed by atoms with Crippen molar-refractivity contribution in [2.75, 3.05) is 0 Å². The van der Waals surface area contributed by atoms with Crippen molar-refractivity contribution in [2.45, 2.75) is 0 Å². The van der Waals surface area contributed by atoms with Crippen molar-refractivity contribution in [2.24, 2.45) is 0 Å². The predicted molar refractivity (Wildman–Crippen MR) is 50.5 cm³/mol. The molecular weight excluding hydrogens is 198 g/mol. The number of fused-ring (bicyclic) bond motifs is 1. The lowest BCUT2D eigenvalue weighted by atomic mass is 10.2. The van der Waals surface area contributed by atoms with Crippen LogP contribution < -0.4 is 5.63 Å². The predicted octanol–water partition coefficient (Wildman–Crippen LogP) is 1.08. The molecule has 0 amide bonds. The molecule has 5 nitrogen and oxygen atoms in total. The fourth-order valence-electron chi connectivity index (χ4n) is 1.24. The normalized spacial score (nSPS) is 10.1. The minimum atomic E-state index is -0.842. The summed E-state index contributed by atoms with van der Waals surface area (Å²) < 4.78 is 4.71. The third kappa shape index (κ3) is 1.28. The van der Waals surface area contributed by atoms with E-state index < -0.39 is 11.4 Å². The first-order chi connectivity index (χ1) is 7.13. The number of nitrogens with zero attached hydrogens (tertiary/aromatic N) is 1. The number of phenolic OH excluding ortho intramolecular Hbond substituents is 2. The second kappa shape index (κ2) is 3.03. The van der Waals surface area contributed by atoms with Gasteiger partial charge in [0.2, 0.25) is 5.75 Å². The van der Waals surface area contributed by atoms with Crippen LogP contribution in [0.2, 0.25) is 0 Å². The van der Waals surface area contributed by atoms with E-state index in [-0.39, 0.29) is 16.9 Å². The second-order valence-electron chi connectivity index (χ2n) is 2.91. The van der Waals surface area contributed by atoms with Gasteiger partial charge in [-0.25, -0.2) is 4.79 Å². The molecule has 2 aromatic rings. The Labute approximate surface area is 83.4 Å². The Morgan fingerprint density at radius 2 is 2.07 bits per heavy atom. The van der Waals surface area contributed by atoms with E-state index >= 15 is 0 Å². The summed E-state index contributed by atoms with van der Waals surface area (Å²) in [6, 6.07) is 5.65. The maximum atomic E-state index is 11.1. The van der Waals surface area contributed by atoms with Crippen molar-refractivity contribution in [1.82, 2.24) is 0 Å². The van der Waals surface area contributed by atoms with Crippen LogP contribution in [0.25, 0.3) is 11.0 Å². The van der Waals surface area contributed by atoms with Crippen molar-refractivity contribution < 1.29 is 14.6 Å².